The second-order valence-corrected chi connectivity index (χ2v) is 13.7. The smallest absolute Gasteiger partial charge is 0.292 e. The summed E-state index contributed by atoms with van der Waals surface area (Å²) in [5, 5.41) is -0.631. The lowest BCUT2D eigenvalue weighted by molar-refractivity contribution is -0.137. The largest absolute Gasteiger partial charge is 0.416 e. The van der Waals surface area contributed by atoms with Gasteiger partial charge >= 0.3 is 6.18 Å². The highest BCUT2D eigenvalue weighted by Crippen LogP contribution is 2.35. The molecule has 15 heteroatoms. The summed E-state index contributed by atoms with van der Waals surface area (Å²) in [6, 6.07) is 10.8. The molecule has 0 fully saturated rings. The van der Waals surface area contributed by atoms with E-state index in [1.807, 2.05) is 0 Å². The average molecular weight is 650 g/mol. The van der Waals surface area contributed by atoms with E-state index in [0.717, 1.165) is 17.8 Å². The summed E-state index contributed by atoms with van der Waals surface area (Å²) in [7, 11) is -8.11. The molecule has 0 saturated heterocycles. The summed E-state index contributed by atoms with van der Waals surface area (Å²) in [6.07, 6.45) is -4.08. The van der Waals surface area contributed by atoms with Gasteiger partial charge in [0.25, 0.3) is 10.0 Å². The Kier molecular flexibility index (Phi) is 10.5. The molecule has 0 unspecified atom stereocenters. The number of Topliss-reactive ketones (excluding diaryl/α,β-unsaturated/α-hetero) is 1. The van der Waals surface area contributed by atoms with E-state index < -0.39 is 41.7 Å². The van der Waals surface area contributed by atoms with E-state index >= 15 is 0 Å². The van der Waals surface area contributed by atoms with Crippen LogP contribution in [0.4, 0.5) is 19.0 Å². The summed E-state index contributed by atoms with van der Waals surface area (Å²) in [4.78, 5) is 17.6. The van der Waals surface area contributed by atoms with E-state index in [-0.39, 0.29) is 28.6 Å². The van der Waals surface area contributed by atoms with Crippen molar-refractivity contribution < 1.29 is 34.8 Å². The number of pyridine rings is 1. The first-order valence-corrected chi connectivity index (χ1v) is 16.5. The van der Waals surface area contributed by atoms with Crippen LogP contribution in [0.5, 0.6) is 0 Å². The number of carbonyl (C=O) groups is 1. The second kappa shape index (κ2) is 13.1. The molecule has 41 heavy (non-hydrogen) atoms. The standard InChI is InChI=1S/C26H27ClF3N3O5S3/c1-4-7-21(34)25-22(39-18-9-11-19(12-10-18)41(37,38)33(5-2)6-3)13-15-24(31-25)32-40(35,36)23-14-8-17(16-20(23)27)26(28,29)30/h8-16H,4-7H2,1-3H3,(H,31,32). The molecule has 222 valence electrons. The molecule has 3 rings (SSSR count). The lowest BCUT2D eigenvalue weighted by atomic mass is 10.1. The Morgan fingerprint density at radius 1 is 0.976 bits per heavy atom. The van der Waals surface area contributed by atoms with Crippen LogP contribution in [0.25, 0.3) is 0 Å². The summed E-state index contributed by atoms with van der Waals surface area (Å²) in [5.74, 6) is -0.588. The van der Waals surface area contributed by atoms with Gasteiger partial charge in [0, 0.05) is 29.3 Å². The molecule has 0 aliphatic carbocycles. The van der Waals surface area contributed by atoms with Gasteiger partial charge in [0.2, 0.25) is 10.0 Å². The molecule has 3 aromatic rings. The third kappa shape index (κ3) is 7.80. The Hall–Kier alpha value is -2.65. The van der Waals surface area contributed by atoms with Gasteiger partial charge in [0.05, 0.1) is 15.5 Å². The number of hydrogen-bond acceptors (Lipinski definition) is 7. The fourth-order valence-corrected chi connectivity index (χ4v) is 7.66. The minimum absolute atomic E-state index is 0.0181. The Morgan fingerprint density at radius 2 is 1.61 bits per heavy atom. The van der Waals surface area contributed by atoms with Crippen LogP contribution in [0.15, 0.2) is 74.2 Å². The maximum atomic E-state index is 13.0. The first-order valence-electron chi connectivity index (χ1n) is 12.4. The summed E-state index contributed by atoms with van der Waals surface area (Å²) >= 11 is 7.00. The molecule has 0 radical (unpaired) electrons. The molecule has 8 nitrogen and oxygen atoms in total. The molecule has 2 aromatic carbocycles. The van der Waals surface area contributed by atoms with Gasteiger partial charge in [-0.15, -0.1) is 0 Å². The van der Waals surface area contributed by atoms with Crippen LogP contribution >= 0.6 is 23.4 Å². The van der Waals surface area contributed by atoms with Crippen molar-refractivity contribution in [1.29, 1.82) is 0 Å². The number of hydrogen-bond donors (Lipinski definition) is 1. The van der Waals surface area contributed by atoms with Gasteiger partial charge in [-0.1, -0.05) is 44.1 Å². The van der Waals surface area contributed by atoms with E-state index in [4.69, 9.17) is 11.6 Å². The molecule has 0 spiro atoms. The van der Waals surface area contributed by atoms with E-state index in [0.29, 0.717) is 41.4 Å². The van der Waals surface area contributed by atoms with E-state index in [9.17, 15) is 34.8 Å². The van der Waals surface area contributed by atoms with Gasteiger partial charge in [0.15, 0.2) is 5.78 Å². The lowest BCUT2D eigenvalue weighted by Crippen LogP contribution is -2.30. The minimum atomic E-state index is -4.71. The van der Waals surface area contributed by atoms with Crippen molar-refractivity contribution in [3.8, 4) is 0 Å². The molecule has 0 atom stereocenters. The van der Waals surface area contributed by atoms with Crippen LogP contribution in [-0.2, 0) is 26.2 Å². The van der Waals surface area contributed by atoms with Gasteiger partial charge in [-0.3, -0.25) is 9.52 Å². The molecular weight excluding hydrogens is 623 g/mol. The number of rotatable bonds is 12. The highest BCUT2D eigenvalue weighted by Gasteiger charge is 2.32. The van der Waals surface area contributed by atoms with Crippen LogP contribution < -0.4 is 4.72 Å². The third-order valence-corrected chi connectivity index (χ3v) is 10.7. The van der Waals surface area contributed by atoms with Gasteiger partial charge < -0.3 is 0 Å². The van der Waals surface area contributed by atoms with Gasteiger partial charge in [-0.25, -0.2) is 21.8 Å². The van der Waals surface area contributed by atoms with Crippen LogP contribution in [-0.4, -0.2) is 45.0 Å². The maximum absolute atomic E-state index is 13.0. The number of halogens is 4. The number of ketones is 1. The molecule has 0 bridgehead atoms. The van der Waals surface area contributed by atoms with Gasteiger partial charge in [-0.05, 0) is 61.0 Å². The van der Waals surface area contributed by atoms with E-state index in [2.05, 4.69) is 9.71 Å². The summed E-state index contributed by atoms with van der Waals surface area (Å²) in [5.41, 5.74) is -1.12. The average Bonchev–Trinajstić information content (AvgIpc) is 2.89. The SMILES string of the molecule is CCCC(=O)c1nc(NS(=O)(=O)c2ccc(C(F)(F)F)cc2Cl)ccc1Sc1ccc(S(=O)(=O)N(CC)CC)cc1. The predicted molar refractivity (Wildman–Crippen MR) is 151 cm³/mol. The van der Waals surface area contributed by atoms with Crippen LogP contribution in [0.3, 0.4) is 0 Å². The Balaban J connectivity index is 1.92. The Labute approximate surface area is 246 Å². The van der Waals surface area contributed by atoms with Crippen molar-refractivity contribution in [2.24, 2.45) is 0 Å². The summed E-state index contributed by atoms with van der Waals surface area (Å²) in [6.45, 7) is 5.93. The fraction of sp³-hybridized carbons (Fsp3) is 0.308. The molecule has 0 amide bonds. The zero-order chi connectivity index (χ0) is 30.6. The number of sulfonamides is 2. The Bertz CT molecular complexity index is 1630. The van der Waals surface area contributed by atoms with Gasteiger partial charge in [-0.2, -0.15) is 17.5 Å². The lowest BCUT2D eigenvalue weighted by Gasteiger charge is -2.18. The molecule has 0 aliphatic heterocycles. The zero-order valence-corrected chi connectivity index (χ0v) is 25.4. The number of nitrogens with one attached hydrogen (secondary N) is 1. The highest BCUT2D eigenvalue weighted by atomic mass is 35.5. The molecular formula is C26H27ClF3N3O5S3. The number of anilines is 1. The molecule has 0 saturated carbocycles. The first kappa shape index (κ1) is 32.9. The molecule has 1 heterocycles. The topological polar surface area (TPSA) is 114 Å². The van der Waals surface area contributed by atoms with Crippen LogP contribution in [0.2, 0.25) is 5.02 Å². The molecule has 1 aromatic heterocycles. The number of alkyl halides is 3. The van der Waals surface area contributed by atoms with Crippen molar-refractivity contribution in [3.63, 3.8) is 0 Å². The fourth-order valence-electron chi connectivity index (χ4n) is 3.74. The Morgan fingerprint density at radius 3 is 2.15 bits per heavy atom. The van der Waals surface area contributed by atoms with Crippen molar-refractivity contribution in [3.05, 3.63) is 70.9 Å². The van der Waals surface area contributed by atoms with Crippen molar-refractivity contribution in [2.45, 2.75) is 59.4 Å². The number of nitrogens with zero attached hydrogens (tertiary/aromatic N) is 2. The first-order chi connectivity index (χ1) is 19.1. The molecule has 1 N–H and O–H groups in total. The van der Waals surface area contributed by atoms with Crippen LogP contribution in [0.1, 0.15) is 49.7 Å². The van der Waals surface area contributed by atoms with Crippen molar-refractivity contribution in [1.82, 2.24) is 9.29 Å². The van der Waals surface area contributed by atoms with Gasteiger partial charge in [0.1, 0.15) is 16.4 Å². The predicted octanol–water partition coefficient (Wildman–Crippen LogP) is 6.72. The third-order valence-electron chi connectivity index (χ3n) is 5.78. The molecule has 0 aliphatic rings. The highest BCUT2D eigenvalue weighted by molar-refractivity contribution is 7.99. The van der Waals surface area contributed by atoms with Crippen LogP contribution in [0, 0.1) is 0 Å². The van der Waals surface area contributed by atoms with Crippen molar-refractivity contribution >= 4 is 55.0 Å². The van der Waals surface area contributed by atoms with E-state index in [1.54, 1.807) is 32.9 Å². The normalized spacial score (nSPS) is 12.5. The summed E-state index contributed by atoms with van der Waals surface area (Å²) < 4.78 is 93.7. The quantitative estimate of drug-likeness (QED) is 0.217. The second-order valence-electron chi connectivity index (χ2n) is 8.63. The zero-order valence-electron chi connectivity index (χ0n) is 22.2. The number of carbonyl (C=O) groups excluding carboxylic acids is 1. The van der Waals surface area contributed by atoms with E-state index in [1.165, 1.54) is 28.6 Å². The monoisotopic (exact) mass is 649 g/mol. The maximum Gasteiger partial charge on any atom is 0.416 e. The minimum Gasteiger partial charge on any atom is -0.292 e. The number of benzene rings is 2. The number of aromatic nitrogens is 1. The van der Waals surface area contributed by atoms with Crippen molar-refractivity contribution in [2.75, 3.05) is 17.8 Å².